The minimum absolute atomic E-state index is 0.645. The normalized spacial score (nSPS) is 25.2. The van der Waals surface area contributed by atoms with Gasteiger partial charge in [-0.05, 0) is 12.8 Å². The SMILES string of the molecule is NC1(P(O)O)CCCCC1. The molecule has 1 rings (SSSR count). The fourth-order valence-electron chi connectivity index (χ4n) is 1.36. The Morgan fingerprint density at radius 1 is 1.10 bits per heavy atom. The van der Waals surface area contributed by atoms with Crippen LogP contribution in [0.4, 0.5) is 0 Å². The van der Waals surface area contributed by atoms with Gasteiger partial charge in [0, 0.05) is 0 Å². The Labute approximate surface area is 62.2 Å². The lowest BCUT2D eigenvalue weighted by molar-refractivity contribution is 0.338. The van der Waals surface area contributed by atoms with Gasteiger partial charge in [-0.2, -0.15) is 0 Å². The molecule has 0 saturated heterocycles. The van der Waals surface area contributed by atoms with Crippen LogP contribution in [0.5, 0.6) is 0 Å². The maximum Gasteiger partial charge on any atom is 0.186 e. The van der Waals surface area contributed by atoms with Crippen LogP contribution in [0.15, 0.2) is 0 Å². The lowest BCUT2D eigenvalue weighted by atomic mass is 9.96. The molecule has 1 saturated carbocycles. The predicted octanol–water partition coefficient (Wildman–Crippen LogP) is 0.902. The van der Waals surface area contributed by atoms with Crippen LogP contribution in [0.3, 0.4) is 0 Å². The summed E-state index contributed by atoms with van der Waals surface area (Å²) in [5.74, 6) is 0. The summed E-state index contributed by atoms with van der Waals surface area (Å²) in [4.78, 5) is 17.9. The average Bonchev–Trinajstić information content (AvgIpc) is 1.89. The van der Waals surface area contributed by atoms with E-state index in [4.69, 9.17) is 15.5 Å². The third-order valence-electron chi connectivity index (χ3n) is 2.12. The summed E-state index contributed by atoms with van der Waals surface area (Å²) in [6.07, 6.45) is 4.80. The molecule has 60 valence electrons. The van der Waals surface area contributed by atoms with Crippen molar-refractivity contribution in [2.75, 3.05) is 0 Å². The van der Waals surface area contributed by atoms with Crippen LogP contribution in [-0.4, -0.2) is 15.1 Å². The molecule has 1 fully saturated rings. The third kappa shape index (κ3) is 1.67. The van der Waals surface area contributed by atoms with Crippen molar-refractivity contribution in [3.63, 3.8) is 0 Å². The summed E-state index contributed by atoms with van der Waals surface area (Å²) >= 11 is 0. The Kier molecular flexibility index (Phi) is 2.64. The molecule has 10 heavy (non-hydrogen) atoms. The highest BCUT2D eigenvalue weighted by atomic mass is 31.2. The van der Waals surface area contributed by atoms with Crippen molar-refractivity contribution in [2.45, 2.75) is 37.4 Å². The molecule has 1 aliphatic carbocycles. The summed E-state index contributed by atoms with van der Waals surface area (Å²) < 4.78 is 0. The van der Waals surface area contributed by atoms with Gasteiger partial charge in [0.2, 0.25) is 0 Å². The molecule has 4 heteroatoms. The Hall–Kier alpha value is 0.310. The van der Waals surface area contributed by atoms with Gasteiger partial charge in [-0.1, -0.05) is 19.3 Å². The Morgan fingerprint density at radius 2 is 1.60 bits per heavy atom. The van der Waals surface area contributed by atoms with Crippen molar-refractivity contribution < 1.29 is 9.79 Å². The van der Waals surface area contributed by atoms with Gasteiger partial charge in [0.25, 0.3) is 0 Å². The first-order valence-corrected chi connectivity index (χ1v) is 4.87. The zero-order chi connectivity index (χ0) is 7.61. The summed E-state index contributed by atoms with van der Waals surface area (Å²) in [6, 6.07) is 0. The van der Waals surface area contributed by atoms with Crippen LogP contribution in [0.2, 0.25) is 0 Å². The van der Waals surface area contributed by atoms with Crippen LogP contribution in [0.1, 0.15) is 32.1 Å². The zero-order valence-electron chi connectivity index (χ0n) is 5.95. The lowest BCUT2D eigenvalue weighted by Crippen LogP contribution is -2.39. The summed E-state index contributed by atoms with van der Waals surface area (Å²) in [6.45, 7) is 0. The van der Waals surface area contributed by atoms with Crippen LogP contribution >= 0.6 is 8.38 Å². The van der Waals surface area contributed by atoms with Crippen molar-refractivity contribution >= 4 is 8.38 Å². The third-order valence-corrected chi connectivity index (χ3v) is 3.36. The number of hydrogen-bond acceptors (Lipinski definition) is 3. The van der Waals surface area contributed by atoms with E-state index >= 15 is 0 Å². The van der Waals surface area contributed by atoms with Crippen LogP contribution in [-0.2, 0) is 0 Å². The zero-order valence-corrected chi connectivity index (χ0v) is 6.85. The molecule has 0 heterocycles. The minimum Gasteiger partial charge on any atom is -0.349 e. The maximum absolute atomic E-state index is 8.93. The topological polar surface area (TPSA) is 66.5 Å². The molecule has 0 spiro atoms. The first kappa shape index (κ1) is 8.41. The number of rotatable bonds is 1. The van der Waals surface area contributed by atoms with E-state index in [1.807, 2.05) is 0 Å². The van der Waals surface area contributed by atoms with Gasteiger partial charge in [0.15, 0.2) is 8.38 Å². The fourth-order valence-corrected chi connectivity index (χ4v) is 2.08. The molecule has 0 aromatic rings. The van der Waals surface area contributed by atoms with E-state index in [2.05, 4.69) is 0 Å². The number of nitrogens with two attached hydrogens (primary N) is 1. The lowest BCUT2D eigenvalue weighted by Gasteiger charge is -2.33. The Bertz CT molecular complexity index is 112. The van der Waals surface area contributed by atoms with Crippen LogP contribution in [0, 0.1) is 0 Å². The molecule has 0 unspecified atom stereocenters. The van der Waals surface area contributed by atoms with Crippen LogP contribution in [0.25, 0.3) is 0 Å². The quantitative estimate of drug-likeness (QED) is 0.503. The smallest absolute Gasteiger partial charge is 0.186 e. The molecule has 0 atom stereocenters. The summed E-state index contributed by atoms with van der Waals surface area (Å²) in [5.41, 5.74) is 5.73. The van der Waals surface area contributed by atoms with Crippen molar-refractivity contribution in [3.8, 4) is 0 Å². The summed E-state index contributed by atoms with van der Waals surface area (Å²) in [5, 5.41) is -0.645. The van der Waals surface area contributed by atoms with E-state index in [0.717, 1.165) is 25.7 Å². The molecule has 4 N–H and O–H groups in total. The van der Waals surface area contributed by atoms with E-state index in [9.17, 15) is 0 Å². The maximum atomic E-state index is 8.93. The molecular weight excluding hydrogens is 149 g/mol. The van der Waals surface area contributed by atoms with Gasteiger partial charge in [-0.3, -0.25) is 0 Å². The highest BCUT2D eigenvalue weighted by molar-refractivity contribution is 7.46. The standard InChI is InChI=1S/C6H14NO2P/c7-6(10(8)9)4-2-1-3-5-6/h8-9H,1-5,7H2. The van der Waals surface area contributed by atoms with Crippen molar-refractivity contribution in [1.82, 2.24) is 0 Å². The van der Waals surface area contributed by atoms with Crippen molar-refractivity contribution in [3.05, 3.63) is 0 Å². The molecule has 1 aliphatic rings. The van der Waals surface area contributed by atoms with Crippen molar-refractivity contribution in [1.29, 1.82) is 0 Å². The summed E-state index contributed by atoms with van der Waals surface area (Å²) in [7, 11) is -1.92. The average molecular weight is 163 g/mol. The number of hydrogen-bond donors (Lipinski definition) is 3. The van der Waals surface area contributed by atoms with Gasteiger partial charge in [-0.15, -0.1) is 0 Å². The molecule has 0 aliphatic heterocycles. The highest BCUT2D eigenvalue weighted by Crippen LogP contribution is 2.46. The fraction of sp³-hybridized carbons (Fsp3) is 1.00. The first-order valence-electron chi connectivity index (χ1n) is 3.62. The minimum atomic E-state index is -1.92. The second-order valence-corrected chi connectivity index (χ2v) is 4.42. The first-order chi connectivity index (χ1) is 4.65. The van der Waals surface area contributed by atoms with E-state index in [1.165, 1.54) is 6.42 Å². The van der Waals surface area contributed by atoms with Crippen molar-refractivity contribution in [2.24, 2.45) is 5.73 Å². The molecule has 3 nitrogen and oxygen atoms in total. The molecule has 0 bridgehead atoms. The molecule has 0 amide bonds. The van der Waals surface area contributed by atoms with Gasteiger partial charge in [-0.25, -0.2) is 0 Å². The molecule has 0 radical (unpaired) electrons. The Balaban J connectivity index is 2.48. The highest BCUT2D eigenvalue weighted by Gasteiger charge is 2.34. The van der Waals surface area contributed by atoms with E-state index < -0.39 is 13.7 Å². The van der Waals surface area contributed by atoms with E-state index in [1.54, 1.807) is 0 Å². The van der Waals surface area contributed by atoms with Gasteiger partial charge in [0.1, 0.15) is 0 Å². The van der Waals surface area contributed by atoms with Gasteiger partial charge in [0.05, 0.1) is 5.28 Å². The second kappa shape index (κ2) is 3.14. The predicted molar refractivity (Wildman–Crippen MR) is 41.4 cm³/mol. The van der Waals surface area contributed by atoms with E-state index in [-0.39, 0.29) is 0 Å². The van der Waals surface area contributed by atoms with Gasteiger partial charge >= 0.3 is 0 Å². The molecular formula is C6H14NO2P. The largest absolute Gasteiger partial charge is 0.349 e. The second-order valence-electron chi connectivity index (χ2n) is 2.95. The van der Waals surface area contributed by atoms with Crippen LogP contribution < -0.4 is 5.73 Å². The molecule has 0 aromatic carbocycles. The molecule has 0 aromatic heterocycles. The van der Waals surface area contributed by atoms with Gasteiger partial charge < -0.3 is 15.5 Å². The Morgan fingerprint density at radius 3 is 1.90 bits per heavy atom. The van der Waals surface area contributed by atoms with E-state index in [0.29, 0.717) is 0 Å². The monoisotopic (exact) mass is 163 g/mol.